The first-order valence-electron chi connectivity index (χ1n) is 7.01. The first-order chi connectivity index (χ1) is 8.51. The van der Waals surface area contributed by atoms with Gasteiger partial charge in [0.1, 0.15) is 6.10 Å². The van der Waals surface area contributed by atoms with Crippen molar-refractivity contribution in [2.24, 2.45) is 5.92 Å². The van der Waals surface area contributed by atoms with Gasteiger partial charge in [0.2, 0.25) is 0 Å². The Bertz CT molecular complexity index is 287. The fourth-order valence-corrected chi connectivity index (χ4v) is 1.67. The maximum absolute atomic E-state index is 11.7. The molecule has 0 saturated heterocycles. The van der Waals surface area contributed by atoms with Crippen molar-refractivity contribution in [3.8, 4) is 0 Å². The zero-order valence-electron chi connectivity index (χ0n) is 12.5. The van der Waals surface area contributed by atoms with E-state index in [9.17, 15) is 4.79 Å². The van der Waals surface area contributed by atoms with E-state index in [1.54, 1.807) is 0 Å². The molecular weight excluding hydrogens is 224 g/mol. The van der Waals surface area contributed by atoms with Crippen LogP contribution in [0, 0.1) is 5.92 Å². The molecule has 0 aliphatic carbocycles. The van der Waals surface area contributed by atoms with E-state index in [1.165, 1.54) is 0 Å². The van der Waals surface area contributed by atoms with Gasteiger partial charge < -0.3 is 4.74 Å². The van der Waals surface area contributed by atoms with E-state index < -0.39 is 0 Å². The number of unbranched alkanes of at least 4 members (excludes halogenated alkanes) is 2. The first-order valence-corrected chi connectivity index (χ1v) is 7.01. The third-order valence-corrected chi connectivity index (χ3v) is 2.77. The number of rotatable bonds is 8. The molecule has 0 bridgehead atoms. The normalized spacial score (nSPS) is 14.2. The molecule has 2 nitrogen and oxygen atoms in total. The largest absolute Gasteiger partial charge is 0.458 e. The predicted molar refractivity (Wildman–Crippen MR) is 77.4 cm³/mol. The minimum Gasteiger partial charge on any atom is -0.458 e. The van der Waals surface area contributed by atoms with Crippen molar-refractivity contribution in [3.63, 3.8) is 0 Å². The fourth-order valence-electron chi connectivity index (χ4n) is 1.67. The summed E-state index contributed by atoms with van der Waals surface area (Å²) in [4.78, 5) is 11.7. The molecule has 0 radical (unpaired) electrons. The second kappa shape index (κ2) is 9.93. The van der Waals surface area contributed by atoms with Gasteiger partial charge in [-0.1, -0.05) is 51.3 Å². The maximum Gasteiger partial charge on any atom is 0.306 e. The van der Waals surface area contributed by atoms with Crippen LogP contribution in [0.4, 0.5) is 0 Å². The van der Waals surface area contributed by atoms with E-state index in [0.29, 0.717) is 12.3 Å². The van der Waals surface area contributed by atoms with Gasteiger partial charge in [0, 0.05) is 6.42 Å². The number of allylic oxidation sites excluding steroid dienone is 3. The Morgan fingerprint density at radius 2 is 1.94 bits per heavy atom. The summed E-state index contributed by atoms with van der Waals surface area (Å²) in [6.07, 6.45) is 9.62. The van der Waals surface area contributed by atoms with Gasteiger partial charge in [0.25, 0.3) is 0 Å². The van der Waals surface area contributed by atoms with Crippen LogP contribution in [0.15, 0.2) is 23.8 Å². The van der Waals surface area contributed by atoms with Crippen LogP contribution in [0.2, 0.25) is 0 Å². The summed E-state index contributed by atoms with van der Waals surface area (Å²) >= 11 is 0. The lowest BCUT2D eigenvalue weighted by molar-refractivity contribution is -0.148. The van der Waals surface area contributed by atoms with E-state index in [2.05, 4.69) is 20.8 Å². The third-order valence-electron chi connectivity index (χ3n) is 2.77. The van der Waals surface area contributed by atoms with Crippen molar-refractivity contribution in [1.82, 2.24) is 0 Å². The molecule has 0 aliphatic rings. The average Bonchev–Trinajstić information content (AvgIpc) is 2.28. The van der Waals surface area contributed by atoms with Gasteiger partial charge in [0.05, 0.1) is 0 Å². The molecule has 0 N–H and O–H groups in total. The molecule has 0 aliphatic heterocycles. The van der Waals surface area contributed by atoms with Gasteiger partial charge in [-0.15, -0.1) is 0 Å². The summed E-state index contributed by atoms with van der Waals surface area (Å²) in [5.74, 6) is 0.229. The molecule has 1 unspecified atom stereocenters. The Morgan fingerprint density at radius 3 is 2.44 bits per heavy atom. The Morgan fingerprint density at radius 1 is 1.28 bits per heavy atom. The minimum absolute atomic E-state index is 0.0771. The van der Waals surface area contributed by atoms with Gasteiger partial charge in [0.15, 0.2) is 0 Å². The Labute approximate surface area is 112 Å². The molecule has 0 fully saturated rings. The van der Waals surface area contributed by atoms with Crippen LogP contribution in [0.25, 0.3) is 0 Å². The predicted octanol–water partition coefficient (Wildman–Crippen LogP) is 4.66. The van der Waals surface area contributed by atoms with Crippen LogP contribution in [-0.2, 0) is 9.53 Å². The van der Waals surface area contributed by atoms with Crippen LogP contribution in [0.1, 0.15) is 60.3 Å². The summed E-state index contributed by atoms with van der Waals surface area (Å²) in [5.41, 5.74) is 1.14. The lowest BCUT2D eigenvalue weighted by atomic mass is 10.0. The van der Waals surface area contributed by atoms with Crippen LogP contribution in [-0.4, -0.2) is 12.1 Å². The zero-order valence-corrected chi connectivity index (χ0v) is 12.5. The van der Waals surface area contributed by atoms with E-state index in [-0.39, 0.29) is 12.1 Å². The summed E-state index contributed by atoms with van der Waals surface area (Å²) < 4.78 is 5.53. The van der Waals surface area contributed by atoms with Crippen molar-refractivity contribution in [2.45, 2.75) is 66.4 Å². The standard InChI is InChI=1S/C16H28O2/c1-6-8-9-11-16(17)18-15(13(3)4)12-14(5)10-7-2/h7,10,12-13,15H,6,8-9,11H2,1-5H3. The van der Waals surface area contributed by atoms with Crippen LogP contribution >= 0.6 is 0 Å². The van der Waals surface area contributed by atoms with Crippen LogP contribution in [0.5, 0.6) is 0 Å². The van der Waals surface area contributed by atoms with Crippen molar-refractivity contribution in [3.05, 3.63) is 23.8 Å². The zero-order chi connectivity index (χ0) is 14.0. The molecule has 2 heteroatoms. The molecule has 0 amide bonds. The van der Waals surface area contributed by atoms with Crippen molar-refractivity contribution >= 4 is 5.97 Å². The van der Waals surface area contributed by atoms with Crippen molar-refractivity contribution in [2.75, 3.05) is 0 Å². The molecule has 0 aromatic carbocycles. The SMILES string of the molecule is CC=CC(C)=CC(OC(=O)CCCCC)C(C)C. The monoisotopic (exact) mass is 252 g/mol. The lowest BCUT2D eigenvalue weighted by Gasteiger charge is -2.18. The Hall–Kier alpha value is -1.05. The van der Waals surface area contributed by atoms with Crippen LogP contribution in [0.3, 0.4) is 0 Å². The summed E-state index contributed by atoms with van der Waals surface area (Å²) in [5, 5.41) is 0. The summed E-state index contributed by atoms with van der Waals surface area (Å²) in [6.45, 7) is 10.3. The second-order valence-corrected chi connectivity index (χ2v) is 5.07. The van der Waals surface area contributed by atoms with Crippen molar-refractivity contribution < 1.29 is 9.53 Å². The van der Waals surface area contributed by atoms with E-state index >= 15 is 0 Å². The highest BCUT2D eigenvalue weighted by Gasteiger charge is 2.15. The smallest absolute Gasteiger partial charge is 0.306 e. The molecular formula is C16H28O2. The second-order valence-electron chi connectivity index (χ2n) is 5.07. The first kappa shape index (κ1) is 16.9. The van der Waals surface area contributed by atoms with Crippen molar-refractivity contribution in [1.29, 1.82) is 0 Å². The highest BCUT2D eigenvalue weighted by atomic mass is 16.5. The van der Waals surface area contributed by atoms with E-state index in [0.717, 1.165) is 24.8 Å². The molecule has 104 valence electrons. The number of carbonyl (C=O) groups is 1. The lowest BCUT2D eigenvalue weighted by Crippen LogP contribution is -2.21. The topological polar surface area (TPSA) is 26.3 Å². The van der Waals surface area contributed by atoms with Gasteiger partial charge >= 0.3 is 5.97 Å². The molecule has 0 spiro atoms. The van der Waals surface area contributed by atoms with E-state index in [1.807, 2.05) is 32.1 Å². The maximum atomic E-state index is 11.7. The van der Waals surface area contributed by atoms with Crippen LogP contribution < -0.4 is 0 Å². The third kappa shape index (κ3) is 8.10. The minimum atomic E-state index is -0.115. The number of hydrogen-bond acceptors (Lipinski definition) is 2. The number of ether oxygens (including phenoxy) is 1. The van der Waals surface area contributed by atoms with Gasteiger partial charge in [-0.25, -0.2) is 0 Å². The number of hydrogen-bond donors (Lipinski definition) is 0. The molecule has 0 saturated carbocycles. The van der Waals surface area contributed by atoms with Gasteiger partial charge in [-0.2, -0.15) is 0 Å². The molecule has 0 aromatic heterocycles. The molecule has 0 aromatic rings. The molecule has 1 atom stereocenters. The van der Waals surface area contributed by atoms with Gasteiger partial charge in [-0.3, -0.25) is 4.79 Å². The summed E-state index contributed by atoms with van der Waals surface area (Å²) in [7, 11) is 0. The Kier molecular flexibility index (Phi) is 9.35. The Balaban J connectivity index is 4.36. The number of carbonyl (C=O) groups excluding carboxylic acids is 1. The number of esters is 1. The molecule has 0 rings (SSSR count). The fraction of sp³-hybridized carbons (Fsp3) is 0.688. The highest BCUT2D eigenvalue weighted by Crippen LogP contribution is 2.13. The van der Waals surface area contributed by atoms with E-state index in [4.69, 9.17) is 4.74 Å². The quantitative estimate of drug-likeness (QED) is 0.357. The molecule has 18 heavy (non-hydrogen) atoms. The molecule has 0 heterocycles. The average molecular weight is 252 g/mol. The highest BCUT2D eigenvalue weighted by molar-refractivity contribution is 5.69. The summed E-state index contributed by atoms with van der Waals surface area (Å²) in [6, 6.07) is 0. The van der Waals surface area contributed by atoms with Gasteiger partial charge in [-0.05, 0) is 32.3 Å².